The lowest BCUT2D eigenvalue weighted by molar-refractivity contribution is 0.102. The van der Waals surface area contributed by atoms with E-state index in [1.54, 1.807) is 18.2 Å². The number of aryl methyl sites for hydroxylation is 3. The molecular formula is C16H17IN2O. The van der Waals surface area contributed by atoms with Crippen LogP contribution in [0.5, 0.6) is 0 Å². The van der Waals surface area contributed by atoms with Gasteiger partial charge < -0.3 is 11.1 Å². The molecule has 2 aromatic carbocycles. The standard InChI is InChI=1S/C16H17IN2O/c1-9-8-15(11(3)7-13(9)17)19-16(20)12-4-5-14(18)10(2)6-12/h4-8H,18H2,1-3H3,(H,19,20). The molecule has 2 aromatic rings. The molecule has 0 fully saturated rings. The molecule has 2 rings (SSSR count). The molecule has 104 valence electrons. The van der Waals surface area contributed by atoms with Gasteiger partial charge in [0.25, 0.3) is 5.91 Å². The van der Waals surface area contributed by atoms with Gasteiger partial charge in [-0.25, -0.2) is 0 Å². The molecule has 0 aliphatic carbocycles. The lowest BCUT2D eigenvalue weighted by Crippen LogP contribution is -2.13. The number of halogens is 1. The Morgan fingerprint density at radius 3 is 2.40 bits per heavy atom. The number of nitrogen functional groups attached to an aromatic ring is 1. The summed E-state index contributed by atoms with van der Waals surface area (Å²) in [5, 5.41) is 2.96. The van der Waals surface area contributed by atoms with E-state index in [9.17, 15) is 4.79 Å². The molecule has 0 aliphatic heterocycles. The van der Waals surface area contributed by atoms with E-state index < -0.39 is 0 Å². The van der Waals surface area contributed by atoms with Gasteiger partial charge >= 0.3 is 0 Å². The number of anilines is 2. The zero-order chi connectivity index (χ0) is 14.9. The van der Waals surface area contributed by atoms with Crippen LogP contribution in [0.4, 0.5) is 11.4 Å². The fraction of sp³-hybridized carbons (Fsp3) is 0.188. The molecule has 0 aliphatic rings. The van der Waals surface area contributed by atoms with Gasteiger partial charge in [-0.3, -0.25) is 4.79 Å². The molecule has 0 spiro atoms. The zero-order valence-electron chi connectivity index (χ0n) is 11.8. The molecule has 4 heteroatoms. The molecule has 0 bridgehead atoms. The molecule has 20 heavy (non-hydrogen) atoms. The van der Waals surface area contributed by atoms with Crippen molar-refractivity contribution < 1.29 is 4.79 Å². The molecule has 0 heterocycles. The Bertz CT molecular complexity index is 680. The van der Waals surface area contributed by atoms with Crippen LogP contribution in [0.2, 0.25) is 0 Å². The summed E-state index contributed by atoms with van der Waals surface area (Å²) in [5.74, 6) is -0.114. The fourth-order valence-corrected chi connectivity index (χ4v) is 2.55. The number of hydrogen-bond acceptors (Lipinski definition) is 2. The Kier molecular flexibility index (Phi) is 4.32. The minimum atomic E-state index is -0.114. The van der Waals surface area contributed by atoms with Crippen molar-refractivity contribution >= 4 is 39.9 Å². The first-order valence-electron chi connectivity index (χ1n) is 6.32. The van der Waals surface area contributed by atoms with E-state index in [0.29, 0.717) is 11.3 Å². The van der Waals surface area contributed by atoms with E-state index in [4.69, 9.17) is 5.73 Å². The van der Waals surface area contributed by atoms with E-state index in [-0.39, 0.29) is 5.91 Å². The number of nitrogens with one attached hydrogen (secondary N) is 1. The quantitative estimate of drug-likeness (QED) is 0.610. The topological polar surface area (TPSA) is 55.1 Å². The van der Waals surface area contributed by atoms with E-state index >= 15 is 0 Å². The second kappa shape index (κ2) is 5.83. The molecule has 0 radical (unpaired) electrons. The summed E-state index contributed by atoms with van der Waals surface area (Å²) < 4.78 is 1.20. The van der Waals surface area contributed by atoms with Crippen molar-refractivity contribution in [3.8, 4) is 0 Å². The SMILES string of the molecule is Cc1cc(C(=O)Nc2cc(C)c(I)cc2C)ccc1N. The Morgan fingerprint density at radius 2 is 1.75 bits per heavy atom. The van der Waals surface area contributed by atoms with Crippen LogP contribution in [0.25, 0.3) is 0 Å². The van der Waals surface area contributed by atoms with Crippen molar-refractivity contribution in [2.45, 2.75) is 20.8 Å². The second-order valence-corrected chi connectivity index (χ2v) is 6.10. The van der Waals surface area contributed by atoms with Gasteiger partial charge in [0.2, 0.25) is 0 Å². The lowest BCUT2D eigenvalue weighted by Gasteiger charge is -2.11. The summed E-state index contributed by atoms with van der Waals surface area (Å²) in [4.78, 5) is 12.3. The van der Waals surface area contributed by atoms with Crippen LogP contribution in [0.15, 0.2) is 30.3 Å². The van der Waals surface area contributed by atoms with Crippen LogP contribution in [0, 0.1) is 24.3 Å². The van der Waals surface area contributed by atoms with Gasteiger partial charge in [-0.1, -0.05) is 0 Å². The van der Waals surface area contributed by atoms with E-state index in [1.165, 1.54) is 3.57 Å². The van der Waals surface area contributed by atoms with Gasteiger partial charge in [0.15, 0.2) is 0 Å². The number of amides is 1. The Morgan fingerprint density at radius 1 is 1.05 bits per heavy atom. The first-order valence-corrected chi connectivity index (χ1v) is 7.40. The Labute approximate surface area is 132 Å². The smallest absolute Gasteiger partial charge is 0.255 e. The number of carbonyl (C=O) groups is 1. The molecule has 0 saturated carbocycles. The first-order chi connectivity index (χ1) is 9.38. The van der Waals surface area contributed by atoms with Gasteiger partial charge in [0, 0.05) is 20.5 Å². The van der Waals surface area contributed by atoms with Gasteiger partial charge in [-0.2, -0.15) is 0 Å². The summed E-state index contributed by atoms with van der Waals surface area (Å²) in [7, 11) is 0. The third kappa shape index (κ3) is 3.12. The highest BCUT2D eigenvalue weighted by atomic mass is 127. The van der Waals surface area contributed by atoms with Crippen molar-refractivity contribution in [3.05, 3.63) is 56.2 Å². The van der Waals surface area contributed by atoms with Crippen LogP contribution in [0.1, 0.15) is 27.0 Å². The van der Waals surface area contributed by atoms with Crippen molar-refractivity contribution in [2.75, 3.05) is 11.1 Å². The number of nitrogens with two attached hydrogens (primary N) is 1. The van der Waals surface area contributed by atoms with E-state index in [1.807, 2.05) is 26.8 Å². The van der Waals surface area contributed by atoms with Crippen molar-refractivity contribution in [3.63, 3.8) is 0 Å². The third-order valence-electron chi connectivity index (χ3n) is 3.29. The summed E-state index contributed by atoms with van der Waals surface area (Å²) >= 11 is 2.29. The average molecular weight is 380 g/mol. The molecular weight excluding hydrogens is 363 g/mol. The van der Waals surface area contributed by atoms with Gasteiger partial charge in [0.1, 0.15) is 0 Å². The highest BCUT2D eigenvalue weighted by Crippen LogP contribution is 2.23. The number of rotatable bonds is 2. The number of carbonyl (C=O) groups excluding carboxylic acids is 1. The maximum Gasteiger partial charge on any atom is 0.255 e. The van der Waals surface area contributed by atoms with Gasteiger partial charge in [-0.15, -0.1) is 0 Å². The maximum absolute atomic E-state index is 12.3. The normalized spacial score (nSPS) is 10.4. The van der Waals surface area contributed by atoms with Crippen LogP contribution in [0.3, 0.4) is 0 Å². The largest absolute Gasteiger partial charge is 0.399 e. The summed E-state index contributed by atoms with van der Waals surface area (Å²) in [6, 6.07) is 9.38. The first kappa shape index (κ1) is 14.8. The van der Waals surface area contributed by atoms with Crippen molar-refractivity contribution in [1.29, 1.82) is 0 Å². The summed E-state index contributed by atoms with van der Waals surface area (Å²) in [6.45, 7) is 5.92. The van der Waals surface area contributed by atoms with Gasteiger partial charge in [0.05, 0.1) is 0 Å². The second-order valence-electron chi connectivity index (χ2n) is 4.94. The van der Waals surface area contributed by atoms with Crippen molar-refractivity contribution in [2.24, 2.45) is 0 Å². The van der Waals surface area contributed by atoms with E-state index in [2.05, 4.69) is 34.0 Å². The molecule has 0 aromatic heterocycles. The molecule has 0 saturated heterocycles. The van der Waals surface area contributed by atoms with E-state index in [0.717, 1.165) is 22.4 Å². The predicted molar refractivity (Wildman–Crippen MR) is 92.2 cm³/mol. The zero-order valence-corrected chi connectivity index (χ0v) is 13.9. The minimum Gasteiger partial charge on any atom is -0.399 e. The molecule has 0 unspecified atom stereocenters. The molecule has 1 amide bonds. The van der Waals surface area contributed by atoms with Crippen LogP contribution < -0.4 is 11.1 Å². The minimum absolute atomic E-state index is 0.114. The highest BCUT2D eigenvalue weighted by molar-refractivity contribution is 14.1. The number of benzene rings is 2. The lowest BCUT2D eigenvalue weighted by atomic mass is 10.1. The highest BCUT2D eigenvalue weighted by Gasteiger charge is 2.10. The molecule has 3 N–H and O–H groups in total. The molecule has 0 atom stereocenters. The van der Waals surface area contributed by atoms with Gasteiger partial charge in [-0.05, 0) is 90.4 Å². The fourth-order valence-electron chi connectivity index (χ4n) is 1.93. The predicted octanol–water partition coefficient (Wildman–Crippen LogP) is 4.05. The Balaban J connectivity index is 2.27. The molecule has 3 nitrogen and oxygen atoms in total. The Hall–Kier alpha value is -1.56. The summed E-state index contributed by atoms with van der Waals surface area (Å²) in [5.41, 5.74) is 11.1. The van der Waals surface area contributed by atoms with Crippen LogP contribution in [-0.2, 0) is 0 Å². The van der Waals surface area contributed by atoms with Crippen LogP contribution >= 0.6 is 22.6 Å². The third-order valence-corrected chi connectivity index (χ3v) is 4.45. The maximum atomic E-state index is 12.3. The monoisotopic (exact) mass is 380 g/mol. The van der Waals surface area contributed by atoms with Crippen molar-refractivity contribution in [1.82, 2.24) is 0 Å². The summed E-state index contributed by atoms with van der Waals surface area (Å²) in [6.07, 6.45) is 0. The van der Waals surface area contributed by atoms with Crippen LogP contribution in [-0.4, -0.2) is 5.91 Å². The average Bonchev–Trinajstić information content (AvgIpc) is 2.39. The number of hydrogen-bond donors (Lipinski definition) is 2.